The highest BCUT2D eigenvalue weighted by Gasteiger charge is 2.13. The van der Waals surface area contributed by atoms with Gasteiger partial charge in [-0.25, -0.2) is 0 Å². The molecule has 2 amide bonds. The van der Waals surface area contributed by atoms with E-state index < -0.39 is 0 Å². The lowest BCUT2D eigenvalue weighted by molar-refractivity contribution is -0.116. The molecule has 28 heavy (non-hydrogen) atoms. The summed E-state index contributed by atoms with van der Waals surface area (Å²) >= 11 is 0. The number of hydrogen-bond acceptors (Lipinski definition) is 4. The summed E-state index contributed by atoms with van der Waals surface area (Å²) in [6.07, 6.45) is 3.35. The quantitative estimate of drug-likeness (QED) is 0.692. The minimum absolute atomic E-state index is 0.145. The van der Waals surface area contributed by atoms with Crippen molar-refractivity contribution in [3.63, 3.8) is 0 Å². The zero-order valence-corrected chi connectivity index (χ0v) is 16.1. The number of rotatable bonds is 6. The van der Waals surface area contributed by atoms with Crippen molar-refractivity contribution in [1.82, 2.24) is 9.78 Å². The Morgan fingerprint density at radius 2 is 1.71 bits per heavy atom. The van der Waals surface area contributed by atoms with Crippen molar-refractivity contribution in [1.29, 1.82) is 0 Å². The first kappa shape index (κ1) is 19.2. The van der Waals surface area contributed by atoms with Crippen LogP contribution in [0.1, 0.15) is 15.9 Å². The van der Waals surface area contributed by atoms with E-state index >= 15 is 0 Å². The van der Waals surface area contributed by atoms with Gasteiger partial charge in [0, 0.05) is 43.6 Å². The summed E-state index contributed by atoms with van der Waals surface area (Å²) in [5.41, 5.74) is 3.86. The number of amides is 2. The summed E-state index contributed by atoms with van der Waals surface area (Å²) in [5, 5.41) is 9.70. The van der Waals surface area contributed by atoms with Crippen LogP contribution in [0.4, 0.5) is 17.1 Å². The van der Waals surface area contributed by atoms with Crippen molar-refractivity contribution in [2.75, 3.05) is 29.6 Å². The second-order valence-corrected chi connectivity index (χ2v) is 6.70. The normalized spacial score (nSPS) is 10.4. The maximum Gasteiger partial charge on any atom is 0.257 e. The molecule has 0 saturated carbocycles. The minimum atomic E-state index is -0.181. The first-order valence-corrected chi connectivity index (χ1v) is 8.89. The van der Waals surface area contributed by atoms with Gasteiger partial charge in [-0.2, -0.15) is 5.10 Å². The molecule has 2 aromatic carbocycles. The number of carbonyl (C=O) groups excluding carboxylic acids is 2. The number of benzene rings is 2. The Kier molecular flexibility index (Phi) is 5.74. The summed E-state index contributed by atoms with van der Waals surface area (Å²) in [4.78, 5) is 26.6. The van der Waals surface area contributed by atoms with Crippen molar-refractivity contribution >= 4 is 28.9 Å². The van der Waals surface area contributed by atoms with Crippen LogP contribution in [0.25, 0.3) is 0 Å². The van der Waals surface area contributed by atoms with Gasteiger partial charge in [-0.05, 0) is 55.0 Å². The number of carbonyl (C=O) groups is 2. The summed E-state index contributed by atoms with van der Waals surface area (Å²) in [5.74, 6) is -0.352. The van der Waals surface area contributed by atoms with E-state index in [1.807, 2.05) is 44.1 Å². The molecule has 7 heteroatoms. The van der Waals surface area contributed by atoms with Gasteiger partial charge in [-0.15, -0.1) is 0 Å². The molecule has 2 N–H and O–H groups in total. The molecule has 1 heterocycles. The number of aromatic nitrogens is 2. The fraction of sp³-hybridized carbons (Fsp3) is 0.190. The molecule has 0 fully saturated rings. The van der Waals surface area contributed by atoms with Gasteiger partial charge in [0.25, 0.3) is 5.91 Å². The summed E-state index contributed by atoms with van der Waals surface area (Å²) < 4.78 is 1.55. The van der Waals surface area contributed by atoms with Gasteiger partial charge in [0.1, 0.15) is 6.54 Å². The van der Waals surface area contributed by atoms with E-state index in [0.717, 1.165) is 11.3 Å². The van der Waals surface area contributed by atoms with Gasteiger partial charge in [0.2, 0.25) is 5.91 Å². The molecular weight excluding hydrogens is 354 g/mol. The van der Waals surface area contributed by atoms with Crippen molar-refractivity contribution < 1.29 is 9.59 Å². The van der Waals surface area contributed by atoms with Crippen LogP contribution in [0.5, 0.6) is 0 Å². The highest BCUT2D eigenvalue weighted by Crippen LogP contribution is 2.22. The second kappa shape index (κ2) is 8.39. The predicted molar refractivity (Wildman–Crippen MR) is 111 cm³/mol. The number of aryl methyl sites for hydroxylation is 1. The van der Waals surface area contributed by atoms with Crippen LogP contribution in [0.2, 0.25) is 0 Å². The fourth-order valence-corrected chi connectivity index (χ4v) is 2.78. The van der Waals surface area contributed by atoms with E-state index in [4.69, 9.17) is 0 Å². The second-order valence-electron chi connectivity index (χ2n) is 6.70. The SMILES string of the molecule is Cc1ccc(C(=O)Nc2ccc(NC(=O)Cn3cccn3)cc2)c(N(C)C)c1. The summed E-state index contributed by atoms with van der Waals surface area (Å²) in [6.45, 7) is 2.14. The minimum Gasteiger partial charge on any atom is -0.377 e. The van der Waals surface area contributed by atoms with Gasteiger partial charge in [-0.3, -0.25) is 14.3 Å². The molecule has 0 aliphatic carbocycles. The summed E-state index contributed by atoms with van der Waals surface area (Å²) in [7, 11) is 3.82. The van der Waals surface area contributed by atoms with Gasteiger partial charge in [0.05, 0.1) is 5.56 Å². The molecule has 3 rings (SSSR count). The van der Waals surface area contributed by atoms with Crippen LogP contribution in [0.3, 0.4) is 0 Å². The van der Waals surface area contributed by atoms with Crippen LogP contribution >= 0.6 is 0 Å². The average Bonchev–Trinajstić information content (AvgIpc) is 3.16. The highest BCUT2D eigenvalue weighted by molar-refractivity contribution is 6.08. The Labute approximate surface area is 164 Å². The predicted octanol–water partition coefficient (Wildman–Crippen LogP) is 3.15. The molecule has 0 aliphatic rings. The maximum atomic E-state index is 12.7. The van der Waals surface area contributed by atoms with E-state index in [1.54, 1.807) is 47.4 Å². The Bertz CT molecular complexity index is 963. The van der Waals surface area contributed by atoms with Crippen LogP contribution in [-0.2, 0) is 11.3 Å². The average molecular weight is 377 g/mol. The molecule has 0 unspecified atom stereocenters. The van der Waals surface area contributed by atoms with Crippen molar-refractivity contribution in [2.24, 2.45) is 0 Å². The summed E-state index contributed by atoms with van der Waals surface area (Å²) in [6, 6.07) is 14.5. The van der Waals surface area contributed by atoms with Gasteiger partial charge in [-0.1, -0.05) is 6.07 Å². The van der Waals surface area contributed by atoms with E-state index in [1.165, 1.54) is 0 Å². The van der Waals surface area contributed by atoms with Gasteiger partial charge in [0.15, 0.2) is 0 Å². The molecule has 0 aliphatic heterocycles. The number of anilines is 3. The molecule has 0 radical (unpaired) electrons. The van der Waals surface area contributed by atoms with Gasteiger partial charge < -0.3 is 15.5 Å². The third-order valence-corrected chi connectivity index (χ3v) is 4.17. The first-order valence-electron chi connectivity index (χ1n) is 8.89. The molecule has 1 aromatic heterocycles. The Morgan fingerprint density at radius 3 is 2.32 bits per heavy atom. The molecule has 3 aromatic rings. The van der Waals surface area contributed by atoms with Crippen LogP contribution in [0.15, 0.2) is 60.9 Å². The third kappa shape index (κ3) is 4.76. The van der Waals surface area contributed by atoms with Crippen LogP contribution in [0, 0.1) is 6.92 Å². The topological polar surface area (TPSA) is 79.3 Å². The Morgan fingerprint density at radius 1 is 1.04 bits per heavy atom. The fourth-order valence-electron chi connectivity index (χ4n) is 2.78. The monoisotopic (exact) mass is 377 g/mol. The van der Waals surface area contributed by atoms with Crippen molar-refractivity contribution in [2.45, 2.75) is 13.5 Å². The third-order valence-electron chi connectivity index (χ3n) is 4.17. The number of hydrogen-bond donors (Lipinski definition) is 2. The molecule has 0 bridgehead atoms. The number of nitrogens with zero attached hydrogens (tertiary/aromatic N) is 3. The Hall–Kier alpha value is -3.61. The van der Waals surface area contributed by atoms with Gasteiger partial charge >= 0.3 is 0 Å². The largest absolute Gasteiger partial charge is 0.377 e. The van der Waals surface area contributed by atoms with Crippen LogP contribution < -0.4 is 15.5 Å². The molecule has 0 saturated heterocycles. The Balaban J connectivity index is 1.64. The number of nitrogens with one attached hydrogen (secondary N) is 2. The zero-order chi connectivity index (χ0) is 20.1. The zero-order valence-electron chi connectivity index (χ0n) is 16.1. The van der Waals surface area contributed by atoms with Crippen molar-refractivity contribution in [3.8, 4) is 0 Å². The van der Waals surface area contributed by atoms with E-state index in [-0.39, 0.29) is 18.4 Å². The van der Waals surface area contributed by atoms with E-state index in [9.17, 15) is 9.59 Å². The van der Waals surface area contributed by atoms with E-state index in [2.05, 4.69) is 15.7 Å². The molecular formula is C21H23N5O2. The smallest absolute Gasteiger partial charge is 0.257 e. The lowest BCUT2D eigenvalue weighted by atomic mass is 10.1. The first-order chi connectivity index (χ1) is 13.4. The molecule has 7 nitrogen and oxygen atoms in total. The highest BCUT2D eigenvalue weighted by atomic mass is 16.2. The standard InChI is InChI=1S/C21H23N5O2/c1-15-5-10-18(19(13-15)25(2)3)21(28)24-17-8-6-16(7-9-17)23-20(27)14-26-12-4-11-22-26/h4-13H,14H2,1-3H3,(H,23,27)(H,24,28). The lowest BCUT2D eigenvalue weighted by Gasteiger charge is -2.18. The van der Waals surface area contributed by atoms with E-state index in [0.29, 0.717) is 16.9 Å². The molecule has 144 valence electrons. The van der Waals surface area contributed by atoms with Crippen LogP contribution in [-0.4, -0.2) is 35.7 Å². The lowest BCUT2D eigenvalue weighted by Crippen LogP contribution is -2.19. The maximum absolute atomic E-state index is 12.7. The molecule has 0 atom stereocenters. The molecule has 0 spiro atoms. The van der Waals surface area contributed by atoms with Crippen molar-refractivity contribution in [3.05, 3.63) is 72.1 Å².